The van der Waals surface area contributed by atoms with E-state index in [2.05, 4.69) is 13.8 Å². The standard InChI is InChI=1S/C21H42O3.CH2O3/c1-3-5-7-9-11-13-15-17-19-20(24-21(22)23)18-16-14-12-10-8-6-4-2;2-1(3)4/h20H,3-19H2,1-2H3,(H,22,23);(H2,2,3,4). The van der Waals surface area contributed by atoms with E-state index in [-0.39, 0.29) is 6.10 Å². The lowest BCUT2D eigenvalue weighted by atomic mass is 10.0. The van der Waals surface area contributed by atoms with Gasteiger partial charge in [-0.15, -0.1) is 0 Å². The van der Waals surface area contributed by atoms with Gasteiger partial charge in [-0.3, -0.25) is 0 Å². The molecular weight excluding hydrogens is 360 g/mol. The first-order chi connectivity index (χ1) is 13.4. The maximum Gasteiger partial charge on any atom is 0.506 e. The molecule has 0 saturated heterocycles. The predicted octanol–water partition coefficient (Wildman–Crippen LogP) is 7.94. The van der Waals surface area contributed by atoms with Crippen molar-refractivity contribution < 1.29 is 29.6 Å². The zero-order valence-electron chi connectivity index (χ0n) is 18.2. The summed E-state index contributed by atoms with van der Waals surface area (Å²) in [5, 5.41) is 22.8. The number of carboxylic acid groups (broad SMARTS) is 3. The highest BCUT2D eigenvalue weighted by atomic mass is 16.7. The van der Waals surface area contributed by atoms with E-state index in [9.17, 15) is 4.79 Å². The van der Waals surface area contributed by atoms with E-state index < -0.39 is 12.3 Å². The molecule has 0 aliphatic rings. The van der Waals surface area contributed by atoms with E-state index in [1.54, 1.807) is 0 Å². The van der Waals surface area contributed by atoms with E-state index >= 15 is 0 Å². The van der Waals surface area contributed by atoms with Crippen molar-refractivity contribution in [3.63, 3.8) is 0 Å². The second-order valence-electron chi connectivity index (χ2n) is 7.46. The van der Waals surface area contributed by atoms with Crippen molar-refractivity contribution in [3.05, 3.63) is 0 Å². The van der Waals surface area contributed by atoms with Gasteiger partial charge in [-0.2, -0.15) is 0 Å². The van der Waals surface area contributed by atoms with Gasteiger partial charge in [0, 0.05) is 0 Å². The summed E-state index contributed by atoms with van der Waals surface area (Å²) in [7, 11) is 0. The first-order valence-corrected chi connectivity index (χ1v) is 11.2. The van der Waals surface area contributed by atoms with Crippen molar-refractivity contribution in [2.75, 3.05) is 0 Å². The van der Waals surface area contributed by atoms with Crippen molar-refractivity contribution in [3.8, 4) is 0 Å². The highest BCUT2D eigenvalue weighted by Gasteiger charge is 2.13. The monoisotopic (exact) mass is 404 g/mol. The maximum absolute atomic E-state index is 10.8. The Kier molecular flexibility index (Phi) is 24.2. The molecule has 6 heteroatoms. The van der Waals surface area contributed by atoms with Crippen LogP contribution in [0.2, 0.25) is 0 Å². The zero-order chi connectivity index (χ0) is 21.5. The maximum atomic E-state index is 10.8. The van der Waals surface area contributed by atoms with Gasteiger partial charge in [-0.1, -0.05) is 97.3 Å². The Morgan fingerprint density at radius 3 is 1.18 bits per heavy atom. The Morgan fingerprint density at radius 2 is 0.893 bits per heavy atom. The van der Waals surface area contributed by atoms with Gasteiger partial charge in [0.1, 0.15) is 6.10 Å². The molecule has 0 fully saturated rings. The minimum Gasteiger partial charge on any atom is -0.450 e. The van der Waals surface area contributed by atoms with Crippen LogP contribution in [-0.4, -0.2) is 33.7 Å². The number of ether oxygens (including phenoxy) is 1. The minimum atomic E-state index is -1.83. The molecule has 0 aromatic rings. The molecule has 0 heterocycles. The lowest BCUT2D eigenvalue weighted by molar-refractivity contribution is 0.0422. The number of rotatable bonds is 18. The Balaban J connectivity index is 0. The number of hydrogen-bond donors (Lipinski definition) is 3. The lowest BCUT2D eigenvalue weighted by Gasteiger charge is -2.15. The Labute approximate surface area is 171 Å². The molecule has 3 N–H and O–H groups in total. The van der Waals surface area contributed by atoms with Crippen LogP contribution in [0.4, 0.5) is 9.59 Å². The molecular formula is C22H44O6. The third-order valence-corrected chi connectivity index (χ3v) is 4.78. The second-order valence-corrected chi connectivity index (χ2v) is 7.46. The summed E-state index contributed by atoms with van der Waals surface area (Å²) in [5.41, 5.74) is 0. The normalized spacial score (nSPS) is 11.4. The fraction of sp³-hybridized carbons (Fsp3) is 0.909. The largest absolute Gasteiger partial charge is 0.506 e. The highest BCUT2D eigenvalue weighted by Crippen LogP contribution is 2.17. The average molecular weight is 405 g/mol. The van der Waals surface area contributed by atoms with Gasteiger partial charge in [-0.05, 0) is 25.7 Å². The lowest BCUT2D eigenvalue weighted by Crippen LogP contribution is -2.16. The summed E-state index contributed by atoms with van der Waals surface area (Å²) in [6.45, 7) is 4.48. The smallest absolute Gasteiger partial charge is 0.450 e. The van der Waals surface area contributed by atoms with Crippen LogP contribution in [0.5, 0.6) is 0 Å². The van der Waals surface area contributed by atoms with Gasteiger partial charge < -0.3 is 20.1 Å². The van der Waals surface area contributed by atoms with E-state index in [0.717, 1.165) is 25.7 Å². The van der Waals surface area contributed by atoms with Crippen molar-refractivity contribution >= 4 is 12.3 Å². The molecule has 0 aromatic carbocycles. The molecule has 28 heavy (non-hydrogen) atoms. The average Bonchev–Trinajstić information content (AvgIpc) is 2.62. The van der Waals surface area contributed by atoms with Crippen LogP contribution in [0.25, 0.3) is 0 Å². The van der Waals surface area contributed by atoms with Gasteiger partial charge in [-0.25, -0.2) is 9.59 Å². The number of unbranched alkanes of at least 4 members (excludes halogenated alkanes) is 13. The topological polar surface area (TPSA) is 104 Å². The molecule has 0 aromatic heterocycles. The fourth-order valence-electron chi connectivity index (χ4n) is 3.24. The Bertz CT molecular complexity index is 342. The Hall–Kier alpha value is -1.46. The third kappa shape index (κ3) is 29.3. The molecule has 0 bridgehead atoms. The molecule has 168 valence electrons. The summed E-state index contributed by atoms with van der Waals surface area (Å²) in [5.74, 6) is 0. The summed E-state index contributed by atoms with van der Waals surface area (Å²) < 4.78 is 5.07. The van der Waals surface area contributed by atoms with E-state index in [1.165, 1.54) is 83.5 Å². The van der Waals surface area contributed by atoms with Gasteiger partial charge in [0.05, 0.1) is 0 Å². The van der Waals surface area contributed by atoms with Crippen LogP contribution >= 0.6 is 0 Å². The summed E-state index contributed by atoms with van der Waals surface area (Å²) in [6.07, 6.45) is 17.9. The van der Waals surface area contributed by atoms with Crippen LogP contribution < -0.4 is 0 Å². The quantitative estimate of drug-likeness (QED) is 0.158. The first-order valence-electron chi connectivity index (χ1n) is 11.2. The van der Waals surface area contributed by atoms with Crippen molar-refractivity contribution in [2.24, 2.45) is 0 Å². The van der Waals surface area contributed by atoms with Crippen molar-refractivity contribution in [1.82, 2.24) is 0 Å². The highest BCUT2D eigenvalue weighted by molar-refractivity contribution is 5.57. The van der Waals surface area contributed by atoms with Crippen LogP contribution in [0.15, 0.2) is 0 Å². The molecule has 0 saturated carbocycles. The van der Waals surface area contributed by atoms with E-state index in [0.29, 0.717) is 0 Å². The van der Waals surface area contributed by atoms with Gasteiger partial charge in [0.15, 0.2) is 0 Å². The molecule has 6 nitrogen and oxygen atoms in total. The molecule has 0 amide bonds. The summed E-state index contributed by atoms with van der Waals surface area (Å²) in [6, 6.07) is 0. The number of carbonyl (C=O) groups is 2. The van der Waals surface area contributed by atoms with E-state index in [1.807, 2.05) is 0 Å². The second kappa shape index (κ2) is 23.6. The SMILES string of the molecule is CCCCCCCCCCC(CCCCCCCCC)OC(=O)O.O=C(O)O. The number of hydrogen-bond acceptors (Lipinski definition) is 3. The molecule has 1 atom stereocenters. The van der Waals surface area contributed by atoms with Gasteiger partial charge in [0.25, 0.3) is 0 Å². The molecule has 0 aliphatic heterocycles. The third-order valence-electron chi connectivity index (χ3n) is 4.78. The van der Waals surface area contributed by atoms with Crippen molar-refractivity contribution in [2.45, 2.75) is 129 Å². The Morgan fingerprint density at radius 1 is 0.607 bits per heavy atom. The molecule has 1 unspecified atom stereocenters. The fourth-order valence-corrected chi connectivity index (χ4v) is 3.24. The predicted molar refractivity (Wildman–Crippen MR) is 113 cm³/mol. The van der Waals surface area contributed by atoms with Crippen LogP contribution in [0.1, 0.15) is 123 Å². The first kappa shape index (κ1) is 28.7. The van der Waals surface area contributed by atoms with Gasteiger partial charge >= 0.3 is 12.3 Å². The van der Waals surface area contributed by atoms with Crippen LogP contribution in [-0.2, 0) is 4.74 Å². The van der Waals surface area contributed by atoms with Crippen molar-refractivity contribution in [1.29, 1.82) is 0 Å². The van der Waals surface area contributed by atoms with E-state index in [4.69, 9.17) is 24.9 Å². The molecule has 0 aliphatic carbocycles. The molecule has 0 radical (unpaired) electrons. The van der Waals surface area contributed by atoms with Crippen LogP contribution in [0.3, 0.4) is 0 Å². The molecule has 0 rings (SSSR count). The summed E-state index contributed by atoms with van der Waals surface area (Å²) in [4.78, 5) is 19.4. The van der Waals surface area contributed by atoms with Gasteiger partial charge in [0.2, 0.25) is 0 Å². The zero-order valence-corrected chi connectivity index (χ0v) is 18.2. The minimum absolute atomic E-state index is 0.0850. The van der Waals surface area contributed by atoms with Crippen LogP contribution in [0, 0.1) is 0 Å². The summed E-state index contributed by atoms with van der Waals surface area (Å²) >= 11 is 0. The molecule has 0 spiro atoms.